The van der Waals surface area contributed by atoms with Crippen molar-refractivity contribution < 1.29 is 4.79 Å². The molecule has 1 aliphatic heterocycles. The highest BCUT2D eigenvalue weighted by molar-refractivity contribution is 5.89. The summed E-state index contributed by atoms with van der Waals surface area (Å²) in [5.41, 5.74) is 3.06. The van der Waals surface area contributed by atoms with E-state index in [0.29, 0.717) is 5.69 Å². The third-order valence-electron chi connectivity index (χ3n) is 5.12. The van der Waals surface area contributed by atoms with Gasteiger partial charge in [0.05, 0.1) is 24.1 Å². The number of fused-ring (bicyclic) bond motifs is 1. The molecule has 0 radical (unpaired) electrons. The van der Waals surface area contributed by atoms with Crippen LogP contribution in [0.15, 0.2) is 24.5 Å². The lowest BCUT2D eigenvalue weighted by Crippen LogP contribution is -2.34. The van der Waals surface area contributed by atoms with E-state index in [0.717, 1.165) is 43.7 Å². The molecule has 1 atom stereocenters. The number of rotatable bonds is 3. The molecule has 132 valence electrons. The average Bonchev–Trinajstić information content (AvgIpc) is 3.27. The fourth-order valence-corrected chi connectivity index (χ4v) is 3.77. The number of aromatic nitrogens is 3. The molecule has 2 aliphatic rings. The summed E-state index contributed by atoms with van der Waals surface area (Å²) in [4.78, 5) is 19.1. The van der Waals surface area contributed by atoms with Gasteiger partial charge in [0.2, 0.25) is 0 Å². The van der Waals surface area contributed by atoms with E-state index < -0.39 is 0 Å². The summed E-state index contributed by atoms with van der Waals surface area (Å²) in [7, 11) is 1.95. The monoisotopic (exact) mass is 340 g/mol. The maximum Gasteiger partial charge on any atom is 0.319 e. The highest BCUT2D eigenvalue weighted by Crippen LogP contribution is 2.29. The number of carbonyl (C=O) groups is 1. The van der Waals surface area contributed by atoms with Crippen LogP contribution in [0.3, 0.4) is 0 Å². The molecule has 0 saturated carbocycles. The molecular formula is C18H24N6O. The number of hydrogen-bond donors (Lipinski definition) is 2. The Bertz CT molecular complexity index is 747. The zero-order chi connectivity index (χ0) is 17.2. The summed E-state index contributed by atoms with van der Waals surface area (Å²) in [5.74, 6) is 0.982. The van der Waals surface area contributed by atoms with Crippen molar-refractivity contribution in [3.05, 3.63) is 35.8 Å². The summed E-state index contributed by atoms with van der Waals surface area (Å²) < 4.78 is 1.90. The summed E-state index contributed by atoms with van der Waals surface area (Å²) >= 11 is 0. The van der Waals surface area contributed by atoms with Crippen LogP contribution in [0, 0.1) is 0 Å². The first kappa shape index (κ1) is 15.9. The second kappa shape index (κ2) is 6.74. The zero-order valence-corrected chi connectivity index (χ0v) is 14.5. The molecule has 25 heavy (non-hydrogen) atoms. The lowest BCUT2D eigenvalue weighted by Gasteiger charge is -2.24. The Hall–Kier alpha value is -2.57. The van der Waals surface area contributed by atoms with Crippen molar-refractivity contribution in [2.24, 2.45) is 7.05 Å². The van der Waals surface area contributed by atoms with E-state index in [9.17, 15) is 4.79 Å². The minimum absolute atomic E-state index is 0.0225. The van der Waals surface area contributed by atoms with E-state index in [-0.39, 0.29) is 12.1 Å². The molecule has 1 fully saturated rings. The summed E-state index contributed by atoms with van der Waals surface area (Å²) in [6.07, 6.45) is 9.06. The van der Waals surface area contributed by atoms with Gasteiger partial charge in [-0.2, -0.15) is 5.10 Å². The molecule has 1 saturated heterocycles. The molecule has 3 heterocycles. The minimum Gasteiger partial charge on any atom is -0.357 e. The van der Waals surface area contributed by atoms with Gasteiger partial charge in [0.25, 0.3) is 0 Å². The molecule has 0 unspecified atom stereocenters. The van der Waals surface area contributed by atoms with Gasteiger partial charge in [0, 0.05) is 31.4 Å². The molecule has 4 rings (SSSR count). The average molecular weight is 340 g/mol. The van der Waals surface area contributed by atoms with Crippen molar-refractivity contribution in [2.75, 3.05) is 23.3 Å². The largest absolute Gasteiger partial charge is 0.357 e. The van der Waals surface area contributed by atoms with Gasteiger partial charge in [-0.3, -0.25) is 4.68 Å². The molecule has 2 N–H and O–H groups in total. The summed E-state index contributed by atoms with van der Waals surface area (Å²) in [6.45, 7) is 2.13. The predicted molar refractivity (Wildman–Crippen MR) is 96.7 cm³/mol. The van der Waals surface area contributed by atoms with Crippen LogP contribution in [0.5, 0.6) is 0 Å². The van der Waals surface area contributed by atoms with E-state index in [1.54, 1.807) is 6.20 Å². The van der Waals surface area contributed by atoms with E-state index in [2.05, 4.69) is 25.6 Å². The molecule has 2 amide bonds. The Morgan fingerprint density at radius 3 is 2.80 bits per heavy atom. The smallest absolute Gasteiger partial charge is 0.319 e. The number of amides is 2. The number of nitrogens with zero attached hydrogens (tertiary/aromatic N) is 4. The van der Waals surface area contributed by atoms with Crippen LogP contribution in [-0.2, 0) is 13.5 Å². The number of nitrogens with one attached hydrogen (secondary N) is 2. The first-order chi connectivity index (χ1) is 12.2. The van der Waals surface area contributed by atoms with Crippen molar-refractivity contribution in [1.29, 1.82) is 0 Å². The van der Waals surface area contributed by atoms with Gasteiger partial charge < -0.3 is 15.5 Å². The summed E-state index contributed by atoms with van der Waals surface area (Å²) in [5, 5.41) is 10.3. The Morgan fingerprint density at radius 2 is 2.04 bits per heavy atom. The fourth-order valence-electron chi connectivity index (χ4n) is 3.77. The maximum absolute atomic E-state index is 12.4. The second-order valence-electron chi connectivity index (χ2n) is 6.81. The minimum atomic E-state index is -0.197. The topological polar surface area (TPSA) is 75.1 Å². The van der Waals surface area contributed by atoms with Crippen molar-refractivity contribution >= 4 is 17.5 Å². The van der Waals surface area contributed by atoms with Crippen LogP contribution < -0.4 is 15.5 Å². The lowest BCUT2D eigenvalue weighted by molar-refractivity contribution is 0.247. The third kappa shape index (κ3) is 3.31. The molecule has 0 spiro atoms. The first-order valence-electron chi connectivity index (χ1n) is 9.00. The third-order valence-corrected chi connectivity index (χ3v) is 5.12. The van der Waals surface area contributed by atoms with E-state index in [1.807, 2.05) is 30.1 Å². The Morgan fingerprint density at radius 1 is 1.20 bits per heavy atom. The quantitative estimate of drug-likeness (QED) is 0.901. The Balaban J connectivity index is 1.38. The van der Waals surface area contributed by atoms with Crippen LogP contribution in [-0.4, -0.2) is 33.9 Å². The highest BCUT2D eigenvalue weighted by Gasteiger charge is 2.24. The second-order valence-corrected chi connectivity index (χ2v) is 6.81. The number of urea groups is 1. The highest BCUT2D eigenvalue weighted by atomic mass is 16.2. The first-order valence-corrected chi connectivity index (χ1v) is 9.00. The molecule has 2 aromatic rings. The fraction of sp³-hybridized carbons (Fsp3) is 0.500. The van der Waals surface area contributed by atoms with Gasteiger partial charge >= 0.3 is 6.03 Å². The molecule has 7 nitrogen and oxygen atoms in total. The van der Waals surface area contributed by atoms with Crippen molar-refractivity contribution in [3.8, 4) is 0 Å². The number of carbonyl (C=O) groups excluding carboxylic acids is 1. The molecule has 2 aromatic heterocycles. The lowest BCUT2D eigenvalue weighted by atomic mass is 9.93. The van der Waals surface area contributed by atoms with Gasteiger partial charge in [-0.1, -0.05) is 0 Å². The van der Waals surface area contributed by atoms with Crippen LogP contribution >= 0.6 is 0 Å². The predicted octanol–water partition coefficient (Wildman–Crippen LogP) is 2.61. The molecule has 1 aliphatic carbocycles. The van der Waals surface area contributed by atoms with E-state index >= 15 is 0 Å². The van der Waals surface area contributed by atoms with Gasteiger partial charge in [-0.25, -0.2) is 9.78 Å². The van der Waals surface area contributed by atoms with Crippen LogP contribution in [0.4, 0.5) is 16.3 Å². The molecule has 0 aromatic carbocycles. The Labute approximate surface area is 147 Å². The number of hydrogen-bond acceptors (Lipinski definition) is 4. The summed E-state index contributed by atoms with van der Waals surface area (Å²) in [6, 6.07) is 3.71. The number of pyridine rings is 1. The van der Waals surface area contributed by atoms with Gasteiger partial charge in [0.15, 0.2) is 0 Å². The van der Waals surface area contributed by atoms with Crippen LogP contribution in [0.1, 0.15) is 43.0 Å². The standard InChI is InChI=1S/C18H24N6O/c1-23-16-6-4-5-15(14(16)12-20-23)22-18(25)21-13-7-8-17(19-11-13)24-9-2-3-10-24/h7-8,11-12,15H,2-6,9-10H2,1H3,(H2,21,22,25)/t15-/m1/s1. The number of aryl methyl sites for hydroxylation is 1. The van der Waals surface area contributed by atoms with Gasteiger partial charge in [-0.15, -0.1) is 0 Å². The van der Waals surface area contributed by atoms with Crippen molar-refractivity contribution in [3.63, 3.8) is 0 Å². The van der Waals surface area contributed by atoms with E-state index in [1.165, 1.54) is 18.5 Å². The van der Waals surface area contributed by atoms with Crippen LogP contribution in [0.25, 0.3) is 0 Å². The molecular weight excluding hydrogens is 316 g/mol. The number of anilines is 2. The normalized spacial score (nSPS) is 19.6. The SMILES string of the molecule is Cn1ncc2c1CCC[C@H]2NC(=O)Nc1ccc(N2CCCC2)nc1. The van der Waals surface area contributed by atoms with E-state index in [4.69, 9.17) is 0 Å². The maximum atomic E-state index is 12.4. The van der Waals surface area contributed by atoms with Gasteiger partial charge in [-0.05, 0) is 44.2 Å². The Kier molecular flexibility index (Phi) is 4.29. The van der Waals surface area contributed by atoms with Crippen molar-refractivity contribution in [1.82, 2.24) is 20.1 Å². The van der Waals surface area contributed by atoms with Crippen LogP contribution in [0.2, 0.25) is 0 Å². The van der Waals surface area contributed by atoms with Crippen molar-refractivity contribution in [2.45, 2.75) is 38.1 Å². The van der Waals surface area contributed by atoms with Gasteiger partial charge in [0.1, 0.15) is 5.82 Å². The molecule has 7 heteroatoms. The molecule has 0 bridgehead atoms. The zero-order valence-electron chi connectivity index (χ0n) is 14.5.